The molecule has 0 bridgehead atoms. The van der Waals surface area contributed by atoms with Gasteiger partial charge in [-0.15, -0.1) is 0 Å². The quantitative estimate of drug-likeness (QED) is 0.912. The zero-order chi connectivity index (χ0) is 14.0. The summed E-state index contributed by atoms with van der Waals surface area (Å²) in [5, 5.41) is 0. The Morgan fingerprint density at radius 1 is 1.40 bits per heavy atom. The molecule has 2 aliphatic rings. The van der Waals surface area contributed by atoms with Crippen molar-refractivity contribution < 1.29 is 13.9 Å². The van der Waals surface area contributed by atoms with Crippen LogP contribution in [0.5, 0.6) is 0 Å². The van der Waals surface area contributed by atoms with Crippen LogP contribution in [0.2, 0.25) is 0 Å². The molecule has 2 aliphatic heterocycles. The molecule has 1 aromatic heterocycles. The van der Waals surface area contributed by atoms with Gasteiger partial charge in [0.25, 0.3) is 0 Å². The summed E-state index contributed by atoms with van der Waals surface area (Å²) in [4.78, 5) is 2.36. The van der Waals surface area contributed by atoms with E-state index in [-0.39, 0.29) is 12.1 Å². The van der Waals surface area contributed by atoms with Crippen LogP contribution in [-0.2, 0) is 9.47 Å². The van der Waals surface area contributed by atoms with E-state index in [0.29, 0.717) is 13.2 Å². The fourth-order valence-corrected chi connectivity index (χ4v) is 3.33. The summed E-state index contributed by atoms with van der Waals surface area (Å²) < 4.78 is 17.3. The zero-order valence-electron chi connectivity index (χ0n) is 12.1. The molecule has 0 amide bonds. The van der Waals surface area contributed by atoms with E-state index < -0.39 is 5.79 Å². The van der Waals surface area contributed by atoms with Crippen LogP contribution in [0.25, 0.3) is 0 Å². The van der Waals surface area contributed by atoms with Crippen LogP contribution in [0.4, 0.5) is 0 Å². The average Bonchev–Trinajstić information content (AvgIpc) is 3.12. The first-order valence-electron chi connectivity index (χ1n) is 7.55. The second-order valence-electron chi connectivity index (χ2n) is 5.71. The van der Waals surface area contributed by atoms with Crippen molar-refractivity contribution in [2.24, 2.45) is 5.73 Å². The van der Waals surface area contributed by atoms with Gasteiger partial charge < -0.3 is 19.6 Å². The second kappa shape index (κ2) is 5.85. The fraction of sp³-hybridized carbons (Fsp3) is 0.733. The van der Waals surface area contributed by atoms with E-state index >= 15 is 0 Å². The topological polar surface area (TPSA) is 60.9 Å². The number of furan rings is 1. The molecule has 5 heteroatoms. The highest BCUT2D eigenvalue weighted by molar-refractivity contribution is 5.09. The van der Waals surface area contributed by atoms with E-state index in [9.17, 15) is 0 Å². The first-order chi connectivity index (χ1) is 9.74. The first kappa shape index (κ1) is 14.1. The third kappa shape index (κ3) is 2.63. The normalized spacial score (nSPS) is 25.9. The largest absolute Gasteiger partial charge is 0.468 e. The Bertz CT molecular complexity index is 415. The standard InChI is InChI=1S/C15H24N2O3/c1-2-12(16)14(13-5-3-8-18-13)17-7-4-6-15(11-17)19-9-10-20-15/h3,5,8,12,14H,2,4,6-7,9-11,16H2,1H3. The highest BCUT2D eigenvalue weighted by atomic mass is 16.7. The van der Waals surface area contributed by atoms with Gasteiger partial charge in [-0.05, 0) is 31.5 Å². The molecule has 2 saturated heterocycles. The van der Waals surface area contributed by atoms with E-state index in [1.807, 2.05) is 12.1 Å². The van der Waals surface area contributed by atoms with Crippen molar-refractivity contribution in [3.63, 3.8) is 0 Å². The molecule has 2 N–H and O–H groups in total. The van der Waals surface area contributed by atoms with E-state index in [2.05, 4.69) is 11.8 Å². The maximum absolute atomic E-state index is 6.34. The van der Waals surface area contributed by atoms with Crippen molar-refractivity contribution in [3.8, 4) is 0 Å². The average molecular weight is 280 g/mol. The van der Waals surface area contributed by atoms with E-state index in [0.717, 1.165) is 38.1 Å². The Morgan fingerprint density at radius 3 is 2.85 bits per heavy atom. The minimum atomic E-state index is -0.420. The molecular formula is C15H24N2O3. The summed E-state index contributed by atoms with van der Waals surface area (Å²) in [5.41, 5.74) is 6.34. The van der Waals surface area contributed by atoms with Gasteiger partial charge in [-0.2, -0.15) is 0 Å². The van der Waals surface area contributed by atoms with Gasteiger partial charge in [0.15, 0.2) is 5.79 Å². The van der Waals surface area contributed by atoms with Gasteiger partial charge in [0.2, 0.25) is 0 Å². The monoisotopic (exact) mass is 280 g/mol. The third-order valence-corrected chi connectivity index (χ3v) is 4.37. The summed E-state index contributed by atoms with van der Waals surface area (Å²) in [7, 11) is 0. The Hall–Kier alpha value is -0.880. The molecule has 2 unspecified atom stereocenters. The van der Waals surface area contributed by atoms with Crippen molar-refractivity contribution in [1.29, 1.82) is 0 Å². The van der Waals surface area contributed by atoms with Crippen molar-refractivity contribution >= 4 is 0 Å². The lowest BCUT2D eigenvalue weighted by molar-refractivity contribution is -0.195. The van der Waals surface area contributed by atoms with Crippen LogP contribution in [0.1, 0.15) is 38.0 Å². The molecule has 1 spiro atoms. The Balaban J connectivity index is 1.80. The van der Waals surface area contributed by atoms with Crippen LogP contribution in [0.15, 0.2) is 22.8 Å². The predicted molar refractivity (Wildman–Crippen MR) is 75.2 cm³/mol. The summed E-state index contributed by atoms with van der Waals surface area (Å²) in [5.74, 6) is 0.519. The summed E-state index contributed by atoms with van der Waals surface area (Å²) in [6, 6.07) is 4.09. The smallest absolute Gasteiger partial charge is 0.181 e. The summed E-state index contributed by atoms with van der Waals surface area (Å²) in [6.45, 7) is 5.28. The maximum atomic E-state index is 6.34. The first-order valence-corrected chi connectivity index (χ1v) is 7.55. The molecule has 2 fully saturated rings. The third-order valence-electron chi connectivity index (χ3n) is 4.37. The molecule has 3 heterocycles. The van der Waals surface area contributed by atoms with Gasteiger partial charge in [-0.1, -0.05) is 6.92 Å². The van der Waals surface area contributed by atoms with E-state index in [1.165, 1.54) is 0 Å². The highest BCUT2D eigenvalue weighted by Crippen LogP contribution is 2.35. The second-order valence-corrected chi connectivity index (χ2v) is 5.71. The zero-order valence-corrected chi connectivity index (χ0v) is 12.1. The number of piperidine rings is 1. The number of nitrogens with two attached hydrogens (primary N) is 1. The van der Waals surface area contributed by atoms with Crippen LogP contribution >= 0.6 is 0 Å². The lowest BCUT2D eigenvalue weighted by Crippen LogP contribution is -2.53. The van der Waals surface area contributed by atoms with Gasteiger partial charge in [-0.25, -0.2) is 0 Å². The van der Waals surface area contributed by atoms with Crippen molar-refractivity contribution in [2.45, 2.75) is 44.1 Å². The van der Waals surface area contributed by atoms with Gasteiger partial charge in [0.05, 0.1) is 32.1 Å². The van der Waals surface area contributed by atoms with Crippen LogP contribution in [-0.4, -0.2) is 43.0 Å². The van der Waals surface area contributed by atoms with E-state index in [1.54, 1.807) is 6.26 Å². The van der Waals surface area contributed by atoms with Crippen molar-refractivity contribution in [3.05, 3.63) is 24.2 Å². The molecular weight excluding hydrogens is 256 g/mol. The molecule has 1 aromatic rings. The number of ether oxygens (including phenoxy) is 2. The minimum absolute atomic E-state index is 0.0534. The molecule has 0 aromatic carbocycles. The molecule has 0 aliphatic carbocycles. The Labute approximate surface area is 120 Å². The molecule has 20 heavy (non-hydrogen) atoms. The van der Waals surface area contributed by atoms with Crippen LogP contribution < -0.4 is 5.73 Å². The SMILES string of the molecule is CCC(N)C(c1ccco1)N1CCCC2(C1)OCCO2. The van der Waals surface area contributed by atoms with Gasteiger partial charge in [-0.3, -0.25) is 4.90 Å². The number of nitrogens with zero attached hydrogens (tertiary/aromatic N) is 1. The molecule has 0 radical (unpaired) electrons. The highest BCUT2D eigenvalue weighted by Gasteiger charge is 2.43. The molecule has 2 atom stereocenters. The maximum Gasteiger partial charge on any atom is 0.181 e. The summed E-state index contributed by atoms with van der Waals surface area (Å²) >= 11 is 0. The lowest BCUT2D eigenvalue weighted by atomic mass is 9.96. The summed E-state index contributed by atoms with van der Waals surface area (Å²) in [6.07, 6.45) is 4.66. The van der Waals surface area contributed by atoms with Crippen molar-refractivity contribution in [2.75, 3.05) is 26.3 Å². The molecule has 3 rings (SSSR count). The van der Waals surface area contributed by atoms with Gasteiger partial charge >= 0.3 is 0 Å². The molecule has 0 saturated carbocycles. The van der Waals surface area contributed by atoms with Gasteiger partial charge in [0, 0.05) is 12.5 Å². The molecule has 112 valence electrons. The number of hydrogen-bond acceptors (Lipinski definition) is 5. The number of hydrogen-bond donors (Lipinski definition) is 1. The number of rotatable bonds is 4. The lowest BCUT2D eigenvalue weighted by Gasteiger charge is -2.43. The van der Waals surface area contributed by atoms with Gasteiger partial charge in [0.1, 0.15) is 5.76 Å². The minimum Gasteiger partial charge on any atom is -0.468 e. The van der Waals surface area contributed by atoms with Crippen molar-refractivity contribution in [1.82, 2.24) is 4.90 Å². The Kier molecular flexibility index (Phi) is 4.12. The fourth-order valence-electron chi connectivity index (χ4n) is 3.33. The van der Waals surface area contributed by atoms with Crippen LogP contribution in [0.3, 0.4) is 0 Å². The van der Waals surface area contributed by atoms with Crippen LogP contribution in [0, 0.1) is 0 Å². The molecule has 5 nitrogen and oxygen atoms in total. The predicted octanol–water partition coefficient (Wildman–Crippen LogP) is 1.90. The van der Waals surface area contributed by atoms with E-state index in [4.69, 9.17) is 19.6 Å². The Morgan fingerprint density at radius 2 is 2.20 bits per heavy atom. The number of likely N-dealkylation sites (tertiary alicyclic amines) is 1.